The molecule has 0 amide bonds. The van der Waals surface area contributed by atoms with E-state index in [1.807, 2.05) is 35.1 Å². The van der Waals surface area contributed by atoms with E-state index in [4.69, 9.17) is 21.7 Å². The smallest absolute Gasteiger partial charge is 0.172 e. The van der Waals surface area contributed by atoms with Crippen molar-refractivity contribution >= 4 is 23.1 Å². The Hall–Kier alpha value is -3.06. The van der Waals surface area contributed by atoms with Gasteiger partial charge >= 0.3 is 0 Å². The summed E-state index contributed by atoms with van der Waals surface area (Å²) in [5.74, 6) is 2.17. The second kappa shape index (κ2) is 9.93. The minimum atomic E-state index is 0.547. The van der Waals surface area contributed by atoms with Crippen molar-refractivity contribution in [3.63, 3.8) is 0 Å². The number of anilines is 1. The van der Waals surface area contributed by atoms with Crippen molar-refractivity contribution in [1.29, 1.82) is 0 Å². The number of ether oxygens (including phenoxy) is 2. The number of nitrogens with zero attached hydrogens (tertiary/aromatic N) is 2. The summed E-state index contributed by atoms with van der Waals surface area (Å²) in [6.07, 6.45) is 2.75. The normalized spacial score (nSPS) is 10.4. The van der Waals surface area contributed by atoms with Crippen molar-refractivity contribution < 1.29 is 9.47 Å². The summed E-state index contributed by atoms with van der Waals surface area (Å²) in [5.41, 5.74) is 3.60. The summed E-state index contributed by atoms with van der Waals surface area (Å²) in [5, 5.41) is 11.4. The van der Waals surface area contributed by atoms with Crippen LogP contribution in [-0.4, -0.2) is 35.7 Å². The first-order valence-electron chi connectivity index (χ1n) is 9.42. The van der Waals surface area contributed by atoms with Crippen LogP contribution in [0, 0.1) is 6.92 Å². The Kier molecular flexibility index (Phi) is 7.08. The van der Waals surface area contributed by atoms with Gasteiger partial charge in [0.2, 0.25) is 0 Å². The van der Waals surface area contributed by atoms with E-state index in [-0.39, 0.29) is 0 Å². The fourth-order valence-corrected chi connectivity index (χ4v) is 3.12. The maximum atomic E-state index is 5.38. The standard InChI is InChI=1S/C22H26N4O2S/c1-16-4-6-18(7-5-16)15-26-13-11-21(25-26)24-22(29)23-12-10-17-8-9-19(27-2)20(14-17)28-3/h4-9,11,13-14H,10,12,15H2,1-3H3,(H2,23,24,25,29). The highest BCUT2D eigenvalue weighted by molar-refractivity contribution is 7.80. The molecule has 2 aromatic carbocycles. The topological polar surface area (TPSA) is 60.3 Å². The van der Waals surface area contributed by atoms with Crippen molar-refractivity contribution in [1.82, 2.24) is 15.1 Å². The van der Waals surface area contributed by atoms with Gasteiger partial charge in [0.1, 0.15) is 0 Å². The maximum absolute atomic E-state index is 5.38. The summed E-state index contributed by atoms with van der Waals surface area (Å²) >= 11 is 5.38. The summed E-state index contributed by atoms with van der Waals surface area (Å²) in [6, 6.07) is 16.3. The number of aryl methyl sites for hydroxylation is 1. The van der Waals surface area contributed by atoms with Crippen molar-refractivity contribution in [2.75, 3.05) is 26.1 Å². The predicted octanol–water partition coefficient (Wildman–Crippen LogP) is 3.79. The van der Waals surface area contributed by atoms with E-state index < -0.39 is 0 Å². The highest BCUT2D eigenvalue weighted by atomic mass is 32.1. The third-order valence-electron chi connectivity index (χ3n) is 4.49. The zero-order valence-electron chi connectivity index (χ0n) is 16.9. The third kappa shape index (κ3) is 5.96. The van der Waals surface area contributed by atoms with Gasteiger partial charge in [-0.25, -0.2) is 0 Å². The van der Waals surface area contributed by atoms with Gasteiger partial charge in [0.05, 0.1) is 20.8 Å². The molecule has 2 N–H and O–H groups in total. The first-order chi connectivity index (χ1) is 14.1. The molecule has 0 aliphatic heterocycles. The highest BCUT2D eigenvalue weighted by Gasteiger charge is 2.06. The van der Waals surface area contributed by atoms with Gasteiger partial charge in [0, 0.05) is 18.8 Å². The Morgan fingerprint density at radius 1 is 1.00 bits per heavy atom. The number of methoxy groups -OCH3 is 2. The van der Waals surface area contributed by atoms with Gasteiger partial charge in [-0.05, 0) is 48.8 Å². The molecule has 0 saturated heterocycles. The first kappa shape index (κ1) is 20.7. The van der Waals surface area contributed by atoms with Gasteiger partial charge in [-0.15, -0.1) is 0 Å². The van der Waals surface area contributed by atoms with Crippen LogP contribution in [0.5, 0.6) is 11.5 Å². The molecule has 152 valence electrons. The largest absolute Gasteiger partial charge is 0.493 e. The Morgan fingerprint density at radius 3 is 2.45 bits per heavy atom. The number of aromatic nitrogens is 2. The summed E-state index contributed by atoms with van der Waals surface area (Å²) in [4.78, 5) is 0. The molecule has 0 atom stereocenters. The molecule has 0 bridgehead atoms. The van der Waals surface area contributed by atoms with Crippen LogP contribution in [0.4, 0.5) is 5.82 Å². The summed E-state index contributed by atoms with van der Waals surface area (Å²) < 4.78 is 12.5. The van der Waals surface area contributed by atoms with Crippen LogP contribution >= 0.6 is 12.2 Å². The molecular formula is C22H26N4O2S. The fraction of sp³-hybridized carbons (Fsp3) is 0.273. The van der Waals surface area contributed by atoms with Crippen molar-refractivity contribution in [2.24, 2.45) is 0 Å². The van der Waals surface area contributed by atoms with E-state index in [2.05, 4.69) is 46.9 Å². The van der Waals surface area contributed by atoms with Crippen LogP contribution in [0.1, 0.15) is 16.7 Å². The Labute approximate surface area is 176 Å². The molecule has 0 spiro atoms. The zero-order valence-corrected chi connectivity index (χ0v) is 17.8. The third-order valence-corrected chi connectivity index (χ3v) is 4.74. The van der Waals surface area contributed by atoms with E-state index in [0.29, 0.717) is 11.7 Å². The van der Waals surface area contributed by atoms with Crippen LogP contribution in [0.2, 0.25) is 0 Å². The molecule has 0 unspecified atom stereocenters. The molecule has 3 rings (SSSR count). The number of rotatable bonds is 8. The van der Waals surface area contributed by atoms with Crippen LogP contribution in [0.3, 0.4) is 0 Å². The number of hydrogen-bond acceptors (Lipinski definition) is 4. The average molecular weight is 411 g/mol. The second-order valence-corrected chi connectivity index (χ2v) is 7.11. The lowest BCUT2D eigenvalue weighted by atomic mass is 10.1. The molecule has 1 heterocycles. The predicted molar refractivity (Wildman–Crippen MR) is 120 cm³/mol. The maximum Gasteiger partial charge on any atom is 0.172 e. The molecule has 1 aromatic heterocycles. The molecule has 6 nitrogen and oxygen atoms in total. The molecule has 7 heteroatoms. The lowest BCUT2D eigenvalue weighted by Crippen LogP contribution is -2.30. The minimum Gasteiger partial charge on any atom is -0.493 e. The van der Waals surface area contributed by atoms with E-state index in [1.165, 1.54) is 11.1 Å². The lowest BCUT2D eigenvalue weighted by Gasteiger charge is -2.11. The fourth-order valence-electron chi connectivity index (χ4n) is 2.91. The molecule has 0 aliphatic rings. The van der Waals surface area contributed by atoms with Crippen molar-refractivity contribution in [3.05, 3.63) is 71.4 Å². The molecule has 0 saturated carbocycles. The Bertz CT molecular complexity index is 954. The van der Waals surface area contributed by atoms with Gasteiger partial charge in [-0.2, -0.15) is 5.10 Å². The van der Waals surface area contributed by atoms with Gasteiger partial charge in [-0.1, -0.05) is 35.9 Å². The highest BCUT2D eigenvalue weighted by Crippen LogP contribution is 2.27. The van der Waals surface area contributed by atoms with Gasteiger partial charge in [-0.3, -0.25) is 4.68 Å². The second-order valence-electron chi connectivity index (χ2n) is 6.70. The Morgan fingerprint density at radius 2 is 1.72 bits per heavy atom. The Balaban J connectivity index is 1.46. The van der Waals surface area contributed by atoms with E-state index in [9.17, 15) is 0 Å². The quantitative estimate of drug-likeness (QED) is 0.551. The number of benzene rings is 2. The lowest BCUT2D eigenvalue weighted by molar-refractivity contribution is 0.354. The zero-order chi connectivity index (χ0) is 20.6. The van der Waals surface area contributed by atoms with Gasteiger partial charge in [0.15, 0.2) is 22.4 Å². The van der Waals surface area contributed by atoms with Crippen LogP contribution in [-0.2, 0) is 13.0 Å². The van der Waals surface area contributed by atoms with Crippen molar-refractivity contribution in [2.45, 2.75) is 19.9 Å². The summed E-state index contributed by atoms with van der Waals surface area (Å²) in [7, 11) is 3.27. The van der Waals surface area contributed by atoms with E-state index >= 15 is 0 Å². The first-order valence-corrected chi connectivity index (χ1v) is 9.83. The van der Waals surface area contributed by atoms with E-state index in [1.54, 1.807) is 14.2 Å². The van der Waals surface area contributed by atoms with Crippen LogP contribution < -0.4 is 20.1 Å². The number of hydrogen-bond donors (Lipinski definition) is 2. The summed E-state index contributed by atoms with van der Waals surface area (Å²) in [6.45, 7) is 3.51. The minimum absolute atomic E-state index is 0.547. The van der Waals surface area contributed by atoms with Crippen molar-refractivity contribution in [3.8, 4) is 11.5 Å². The molecule has 0 fully saturated rings. The SMILES string of the molecule is COc1ccc(CCNC(=S)Nc2ccn(Cc3ccc(C)cc3)n2)cc1OC. The molecule has 3 aromatic rings. The van der Waals surface area contributed by atoms with Gasteiger partial charge < -0.3 is 20.1 Å². The van der Waals surface area contributed by atoms with Crippen LogP contribution in [0.25, 0.3) is 0 Å². The molecule has 29 heavy (non-hydrogen) atoms. The monoisotopic (exact) mass is 410 g/mol. The van der Waals surface area contributed by atoms with E-state index in [0.717, 1.165) is 35.8 Å². The molecule has 0 radical (unpaired) electrons. The molecular weight excluding hydrogens is 384 g/mol. The average Bonchev–Trinajstić information content (AvgIpc) is 3.16. The number of nitrogens with one attached hydrogen (secondary N) is 2. The molecule has 0 aliphatic carbocycles. The number of thiocarbonyl (C=S) groups is 1. The van der Waals surface area contributed by atoms with Gasteiger partial charge in [0.25, 0.3) is 0 Å². The van der Waals surface area contributed by atoms with Crippen LogP contribution in [0.15, 0.2) is 54.7 Å².